The molecule has 0 spiro atoms. The Kier molecular flexibility index (Phi) is 4.67. The van der Waals surface area contributed by atoms with E-state index in [2.05, 4.69) is 0 Å². The molecule has 0 bridgehead atoms. The lowest BCUT2D eigenvalue weighted by molar-refractivity contribution is 0.148. The van der Waals surface area contributed by atoms with Crippen LogP contribution in [0.3, 0.4) is 0 Å². The van der Waals surface area contributed by atoms with Crippen molar-refractivity contribution in [2.24, 2.45) is 0 Å². The Bertz CT molecular complexity index is 814. The van der Waals surface area contributed by atoms with Gasteiger partial charge in [0.1, 0.15) is 11.6 Å². The first kappa shape index (κ1) is 17.7. The monoisotopic (exact) mass is 380 g/mol. The van der Waals surface area contributed by atoms with E-state index in [1.165, 1.54) is 0 Å². The van der Waals surface area contributed by atoms with Crippen LogP contribution in [0, 0.1) is 11.6 Å². The lowest BCUT2D eigenvalue weighted by Crippen LogP contribution is -2.52. The molecule has 0 radical (unpaired) electrons. The number of sulfone groups is 1. The SMILES string of the molecule is O=S1(=O)CC[C@@H](N2CCN(S(=O)(=O)c3c(F)cccc3F)CC2)C1. The van der Waals surface area contributed by atoms with E-state index in [0.29, 0.717) is 19.5 Å². The molecule has 2 aliphatic rings. The highest BCUT2D eigenvalue weighted by Gasteiger charge is 2.37. The molecule has 3 rings (SSSR count). The quantitative estimate of drug-likeness (QED) is 0.762. The van der Waals surface area contributed by atoms with Crippen LogP contribution in [0.4, 0.5) is 8.78 Å². The number of piperazine rings is 1. The molecule has 2 fully saturated rings. The molecule has 0 saturated carbocycles. The summed E-state index contributed by atoms with van der Waals surface area (Å²) in [6.07, 6.45) is 0.539. The van der Waals surface area contributed by atoms with Crippen LogP contribution in [0.5, 0.6) is 0 Å². The highest BCUT2D eigenvalue weighted by molar-refractivity contribution is 7.91. The van der Waals surface area contributed by atoms with Gasteiger partial charge < -0.3 is 0 Å². The maximum absolute atomic E-state index is 13.8. The summed E-state index contributed by atoms with van der Waals surface area (Å²) in [5, 5.41) is 0. The molecule has 1 aromatic carbocycles. The van der Waals surface area contributed by atoms with Gasteiger partial charge in [0, 0.05) is 32.2 Å². The lowest BCUT2D eigenvalue weighted by atomic mass is 10.2. The molecule has 0 amide bonds. The van der Waals surface area contributed by atoms with Crippen LogP contribution in [0.2, 0.25) is 0 Å². The molecule has 2 saturated heterocycles. The van der Waals surface area contributed by atoms with Crippen molar-refractivity contribution in [3.8, 4) is 0 Å². The van der Waals surface area contributed by atoms with Gasteiger partial charge in [0.05, 0.1) is 11.5 Å². The number of benzene rings is 1. The zero-order valence-electron chi connectivity index (χ0n) is 12.9. The summed E-state index contributed by atoms with van der Waals surface area (Å²) in [5.41, 5.74) is 0. The van der Waals surface area contributed by atoms with E-state index in [-0.39, 0.29) is 30.6 Å². The minimum Gasteiger partial charge on any atom is -0.297 e. The fourth-order valence-corrected chi connectivity index (χ4v) is 6.52. The molecule has 1 aromatic rings. The predicted octanol–water partition coefficient (Wildman–Crippen LogP) is 0.458. The summed E-state index contributed by atoms with van der Waals surface area (Å²) in [6.45, 7) is 0.838. The molecule has 10 heteroatoms. The molecule has 0 aromatic heterocycles. The molecule has 2 heterocycles. The summed E-state index contributed by atoms with van der Waals surface area (Å²) < 4.78 is 76.7. The zero-order chi connectivity index (χ0) is 17.5. The van der Waals surface area contributed by atoms with E-state index in [0.717, 1.165) is 22.5 Å². The molecule has 24 heavy (non-hydrogen) atoms. The van der Waals surface area contributed by atoms with Gasteiger partial charge in [0.25, 0.3) is 0 Å². The van der Waals surface area contributed by atoms with Gasteiger partial charge in [0.2, 0.25) is 10.0 Å². The van der Waals surface area contributed by atoms with E-state index >= 15 is 0 Å². The first-order chi connectivity index (χ1) is 11.2. The molecule has 1 atom stereocenters. The predicted molar refractivity (Wildman–Crippen MR) is 83.7 cm³/mol. The Morgan fingerprint density at radius 3 is 2.12 bits per heavy atom. The summed E-state index contributed by atoms with van der Waals surface area (Å²) in [5.74, 6) is -1.99. The van der Waals surface area contributed by atoms with Gasteiger partial charge in [-0.1, -0.05) is 6.07 Å². The van der Waals surface area contributed by atoms with E-state index in [9.17, 15) is 25.6 Å². The first-order valence-electron chi connectivity index (χ1n) is 7.59. The summed E-state index contributed by atoms with van der Waals surface area (Å²) in [6, 6.07) is 2.83. The van der Waals surface area contributed by atoms with Gasteiger partial charge in [-0.05, 0) is 18.6 Å². The molecular weight excluding hydrogens is 362 g/mol. The summed E-state index contributed by atoms with van der Waals surface area (Å²) >= 11 is 0. The van der Waals surface area contributed by atoms with E-state index in [1.54, 1.807) is 0 Å². The van der Waals surface area contributed by atoms with Crippen molar-refractivity contribution in [2.45, 2.75) is 17.4 Å². The van der Waals surface area contributed by atoms with Crippen molar-refractivity contribution in [1.82, 2.24) is 9.21 Å². The van der Waals surface area contributed by atoms with Crippen molar-refractivity contribution >= 4 is 19.9 Å². The Morgan fingerprint density at radius 1 is 1.04 bits per heavy atom. The van der Waals surface area contributed by atoms with Crippen molar-refractivity contribution < 1.29 is 25.6 Å². The smallest absolute Gasteiger partial charge is 0.249 e. The first-order valence-corrected chi connectivity index (χ1v) is 10.9. The van der Waals surface area contributed by atoms with Gasteiger partial charge >= 0.3 is 0 Å². The maximum Gasteiger partial charge on any atom is 0.249 e. The second-order valence-corrected chi connectivity index (χ2v) is 10.2. The minimum absolute atomic E-state index is 0.0760. The van der Waals surface area contributed by atoms with Gasteiger partial charge in [-0.3, -0.25) is 4.90 Å². The normalized spacial score (nSPS) is 25.8. The lowest BCUT2D eigenvalue weighted by Gasteiger charge is -2.36. The number of sulfonamides is 1. The number of hydrogen-bond acceptors (Lipinski definition) is 5. The average Bonchev–Trinajstić information content (AvgIpc) is 2.87. The van der Waals surface area contributed by atoms with Gasteiger partial charge in [0.15, 0.2) is 14.7 Å². The van der Waals surface area contributed by atoms with E-state index < -0.39 is 36.4 Å². The highest BCUT2D eigenvalue weighted by atomic mass is 32.2. The Labute approximate surface area is 140 Å². The average molecular weight is 380 g/mol. The van der Waals surface area contributed by atoms with E-state index in [1.807, 2.05) is 4.90 Å². The van der Waals surface area contributed by atoms with Gasteiger partial charge in [-0.2, -0.15) is 4.31 Å². The number of rotatable bonds is 3. The molecule has 0 unspecified atom stereocenters. The molecular formula is C14H18F2N2O4S2. The fourth-order valence-electron chi connectivity index (χ4n) is 3.23. The van der Waals surface area contributed by atoms with Crippen LogP contribution in [0.1, 0.15) is 6.42 Å². The van der Waals surface area contributed by atoms with Crippen LogP contribution in [0.25, 0.3) is 0 Å². The van der Waals surface area contributed by atoms with Crippen LogP contribution >= 0.6 is 0 Å². The standard InChI is InChI=1S/C14H18F2N2O4S2/c15-12-2-1-3-13(16)14(12)24(21,22)18-7-5-17(6-8-18)11-4-9-23(19,20)10-11/h1-3,11H,4-10H2/t11-/m1/s1. The molecule has 134 valence electrons. The second-order valence-electron chi connectivity index (χ2n) is 6.05. The van der Waals surface area contributed by atoms with Crippen molar-refractivity contribution in [3.63, 3.8) is 0 Å². The third kappa shape index (κ3) is 3.32. The van der Waals surface area contributed by atoms with Crippen molar-refractivity contribution in [3.05, 3.63) is 29.8 Å². The Balaban J connectivity index is 1.72. The number of halogens is 2. The molecule has 6 nitrogen and oxygen atoms in total. The minimum atomic E-state index is -4.25. The van der Waals surface area contributed by atoms with Gasteiger partial charge in [-0.25, -0.2) is 25.6 Å². The largest absolute Gasteiger partial charge is 0.297 e. The van der Waals surface area contributed by atoms with Crippen LogP contribution in [-0.4, -0.2) is 69.8 Å². The Hall–Kier alpha value is -1.10. The highest BCUT2D eigenvalue weighted by Crippen LogP contribution is 2.25. The van der Waals surface area contributed by atoms with Gasteiger partial charge in [-0.15, -0.1) is 0 Å². The maximum atomic E-state index is 13.8. The van der Waals surface area contributed by atoms with Crippen LogP contribution < -0.4 is 0 Å². The zero-order valence-corrected chi connectivity index (χ0v) is 14.5. The van der Waals surface area contributed by atoms with Crippen molar-refractivity contribution in [1.29, 1.82) is 0 Å². The Morgan fingerprint density at radius 2 is 1.62 bits per heavy atom. The van der Waals surface area contributed by atoms with Crippen molar-refractivity contribution in [2.75, 3.05) is 37.7 Å². The number of hydrogen-bond donors (Lipinski definition) is 0. The summed E-state index contributed by atoms with van der Waals surface area (Å²) in [7, 11) is -7.27. The topological polar surface area (TPSA) is 74.8 Å². The number of nitrogens with zero attached hydrogens (tertiary/aromatic N) is 2. The molecule has 2 aliphatic heterocycles. The fraction of sp³-hybridized carbons (Fsp3) is 0.571. The third-order valence-corrected chi connectivity index (χ3v) is 8.22. The molecule has 0 aliphatic carbocycles. The van der Waals surface area contributed by atoms with Crippen LogP contribution in [0.15, 0.2) is 23.1 Å². The third-order valence-electron chi connectivity index (χ3n) is 4.51. The van der Waals surface area contributed by atoms with Crippen LogP contribution in [-0.2, 0) is 19.9 Å². The second kappa shape index (κ2) is 6.32. The molecule has 0 N–H and O–H groups in total. The summed E-state index contributed by atoms with van der Waals surface area (Å²) in [4.78, 5) is 1.01. The van der Waals surface area contributed by atoms with E-state index in [4.69, 9.17) is 0 Å².